The molecule has 0 spiro atoms. The number of aryl methyl sites for hydroxylation is 1. The van der Waals surface area contributed by atoms with E-state index in [2.05, 4.69) is 26.9 Å². The van der Waals surface area contributed by atoms with Crippen LogP contribution in [0.5, 0.6) is 0 Å². The summed E-state index contributed by atoms with van der Waals surface area (Å²) in [6.45, 7) is 16.8. The molecule has 0 saturated carbocycles. The highest BCUT2D eigenvalue weighted by molar-refractivity contribution is 7.89. The van der Waals surface area contributed by atoms with Crippen LogP contribution in [0.1, 0.15) is 37.8 Å². The number of hydrogen-bond acceptors (Lipinski definition) is 6. The van der Waals surface area contributed by atoms with Crippen molar-refractivity contribution in [3.8, 4) is 0 Å². The molecule has 0 aromatic heterocycles. The van der Waals surface area contributed by atoms with Crippen LogP contribution in [0.2, 0.25) is 0 Å². The maximum atomic E-state index is 13.4. The average Bonchev–Trinajstić information content (AvgIpc) is 2.89. The lowest BCUT2D eigenvalue weighted by molar-refractivity contribution is -0.118. The van der Waals surface area contributed by atoms with Crippen molar-refractivity contribution >= 4 is 27.3 Å². The molecule has 1 amide bonds. The van der Waals surface area contributed by atoms with Gasteiger partial charge in [-0.2, -0.15) is 4.31 Å². The van der Waals surface area contributed by atoms with Gasteiger partial charge in [0.1, 0.15) is 0 Å². The normalized spacial score (nSPS) is 21.6. The molecule has 3 N–H and O–H groups in total. The van der Waals surface area contributed by atoms with E-state index in [-0.39, 0.29) is 29.4 Å². The molecular weight excluding hydrogens is 500 g/mol. The first-order valence-electron chi connectivity index (χ1n) is 13.2. The number of rotatable bonds is 8. The van der Waals surface area contributed by atoms with Crippen molar-refractivity contribution < 1.29 is 13.2 Å². The highest BCUT2D eigenvalue weighted by atomic mass is 32.2. The topological polar surface area (TPSA) is 98.1 Å². The molecule has 10 heteroatoms. The lowest BCUT2D eigenvalue weighted by Crippen LogP contribution is -2.59. The average molecular weight is 539 g/mol. The summed E-state index contributed by atoms with van der Waals surface area (Å²) in [5.74, 6) is -0.114. The molecule has 38 heavy (non-hydrogen) atoms. The first-order chi connectivity index (χ1) is 18.2. The second-order valence-electron chi connectivity index (χ2n) is 10.4. The molecule has 2 heterocycles. The molecule has 0 radical (unpaired) electrons. The van der Waals surface area contributed by atoms with E-state index in [0.717, 1.165) is 49.3 Å². The van der Waals surface area contributed by atoms with E-state index in [1.165, 1.54) is 16.4 Å². The summed E-state index contributed by atoms with van der Waals surface area (Å²) in [6, 6.07) is 12.2. The number of nitrogens with one attached hydrogen (secondary N) is 3. The molecule has 0 aliphatic carbocycles. The van der Waals surface area contributed by atoms with Gasteiger partial charge < -0.3 is 16.0 Å². The zero-order valence-electron chi connectivity index (χ0n) is 22.4. The van der Waals surface area contributed by atoms with Crippen LogP contribution in [0.4, 0.5) is 11.4 Å². The lowest BCUT2D eigenvalue weighted by Gasteiger charge is -2.43. The number of nitrogens with zero attached hydrogens (tertiary/aromatic N) is 3. The molecule has 2 saturated heterocycles. The number of piperazine rings is 1. The zero-order chi connectivity index (χ0) is 27.3. The molecule has 204 valence electrons. The van der Waals surface area contributed by atoms with Gasteiger partial charge in [0.25, 0.3) is 0 Å². The third-order valence-electron chi connectivity index (χ3n) is 7.31. The van der Waals surface area contributed by atoms with Crippen molar-refractivity contribution in [3.63, 3.8) is 0 Å². The van der Waals surface area contributed by atoms with Crippen LogP contribution in [0, 0.1) is 13.5 Å². The number of anilines is 1. The lowest BCUT2D eigenvalue weighted by atomic mass is 10.1. The van der Waals surface area contributed by atoms with Gasteiger partial charge in [0.15, 0.2) is 5.69 Å². The first kappa shape index (κ1) is 28.2. The highest BCUT2D eigenvalue weighted by Gasteiger charge is 2.38. The van der Waals surface area contributed by atoms with Crippen LogP contribution < -0.4 is 16.0 Å². The Morgan fingerprint density at radius 2 is 1.82 bits per heavy atom. The second-order valence-corrected chi connectivity index (χ2v) is 12.3. The number of hydrogen-bond donors (Lipinski definition) is 3. The van der Waals surface area contributed by atoms with Crippen LogP contribution in [-0.2, 0) is 21.4 Å². The molecule has 2 unspecified atom stereocenters. The Hall–Kier alpha value is -2.81. The zero-order valence-corrected chi connectivity index (χ0v) is 23.2. The summed E-state index contributed by atoms with van der Waals surface area (Å²) in [5, 5.41) is 10.1. The SMILES string of the molecule is [C-]#[N+]c1cccc(S(=O)(=O)N2C(C)CN(CC(=O)Nc3cc(CNC4CCNCC4)ccc3C)CC2C)c1. The third kappa shape index (κ3) is 6.79. The van der Waals surface area contributed by atoms with Crippen molar-refractivity contribution in [2.24, 2.45) is 0 Å². The van der Waals surface area contributed by atoms with Gasteiger partial charge in [-0.3, -0.25) is 9.69 Å². The van der Waals surface area contributed by atoms with Crippen LogP contribution in [0.25, 0.3) is 4.85 Å². The number of carbonyl (C=O) groups excluding carboxylic acids is 1. The molecule has 2 aromatic carbocycles. The highest BCUT2D eigenvalue weighted by Crippen LogP contribution is 2.27. The van der Waals surface area contributed by atoms with Gasteiger partial charge >= 0.3 is 0 Å². The van der Waals surface area contributed by atoms with E-state index in [0.29, 0.717) is 24.8 Å². The first-order valence-corrected chi connectivity index (χ1v) is 14.7. The van der Waals surface area contributed by atoms with E-state index in [9.17, 15) is 13.2 Å². The van der Waals surface area contributed by atoms with E-state index in [4.69, 9.17) is 6.57 Å². The maximum Gasteiger partial charge on any atom is 0.242 e. The fourth-order valence-corrected chi connectivity index (χ4v) is 7.29. The molecule has 2 aliphatic rings. The van der Waals surface area contributed by atoms with Gasteiger partial charge in [-0.15, -0.1) is 0 Å². The second kappa shape index (κ2) is 12.4. The number of benzene rings is 2. The van der Waals surface area contributed by atoms with Crippen molar-refractivity contribution in [2.75, 3.05) is 38.0 Å². The Morgan fingerprint density at radius 3 is 2.50 bits per heavy atom. The maximum absolute atomic E-state index is 13.4. The van der Waals surface area contributed by atoms with Crippen molar-refractivity contribution in [2.45, 2.75) is 63.2 Å². The minimum atomic E-state index is -3.76. The smallest absolute Gasteiger partial charge is 0.242 e. The van der Waals surface area contributed by atoms with Crippen molar-refractivity contribution in [1.82, 2.24) is 19.8 Å². The summed E-state index contributed by atoms with van der Waals surface area (Å²) in [7, 11) is -3.76. The minimum absolute atomic E-state index is 0.114. The largest absolute Gasteiger partial charge is 0.325 e. The number of sulfonamides is 1. The number of amides is 1. The number of carbonyl (C=O) groups is 1. The Kier molecular flexibility index (Phi) is 9.18. The standard InChI is InChI=1S/C28H38N6O3S/c1-20-8-9-23(16-31-24-10-12-30-13-11-24)14-27(20)32-28(35)19-33-17-21(2)34(22(3)18-33)38(36,37)26-7-5-6-25(15-26)29-4/h5-9,14-15,21-22,24,30-31H,10-13,16-19H2,1-3H3,(H,32,35). The van der Waals surface area contributed by atoms with Crippen LogP contribution >= 0.6 is 0 Å². The summed E-state index contributed by atoms with van der Waals surface area (Å²) in [6.07, 6.45) is 2.24. The fourth-order valence-electron chi connectivity index (χ4n) is 5.45. The Bertz CT molecular complexity index is 1270. The summed E-state index contributed by atoms with van der Waals surface area (Å²) >= 11 is 0. The molecule has 2 atom stereocenters. The number of piperidine rings is 1. The fraction of sp³-hybridized carbons (Fsp3) is 0.500. The molecule has 2 fully saturated rings. The molecule has 4 rings (SSSR count). The van der Waals surface area contributed by atoms with Gasteiger partial charge in [-0.1, -0.05) is 24.3 Å². The Morgan fingerprint density at radius 1 is 1.11 bits per heavy atom. The molecule has 9 nitrogen and oxygen atoms in total. The van der Waals surface area contributed by atoms with E-state index in [1.54, 1.807) is 12.1 Å². The summed E-state index contributed by atoms with van der Waals surface area (Å²) in [4.78, 5) is 18.5. The van der Waals surface area contributed by atoms with Gasteiger partial charge in [0.2, 0.25) is 15.9 Å². The summed E-state index contributed by atoms with van der Waals surface area (Å²) < 4.78 is 28.3. The van der Waals surface area contributed by atoms with Gasteiger partial charge in [-0.05, 0) is 76.0 Å². The Balaban J connectivity index is 1.35. The van der Waals surface area contributed by atoms with E-state index >= 15 is 0 Å². The van der Waals surface area contributed by atoms with Gasteiger partial charge in [-0.25, -0.2) is 13.3 Å². The molecule has 2 aromatic rings. The molecule has 2 aliphatic heterocycles. The van der Waals surface area contributed by atoms with Crippen LogP contribution in [0.15, 0.2) is 47.4 Å². The van der Waals surface area contributed by atoms with Crippen LogP contribution in [0.3, 0.4) is 0 Å². The van der Waals surface area contributed by atoms with Gasteiger partial charge in [0, 0.05) is 43.4 Å². The Labute approximate surface area is 226 Å². The minimum Gasteiger partial charge on any atom is -0.325 e. The van der Waals surface area contributed by atoms with Crippen molar-refractivity contribution in [1.29, 1.82) is 0 Å². The molecular formula is C28H38N6O3S. The van der Waals surface area contributed by atoms with E-state index < -0.39 is 10.0 Å². The molecule has 0 bridgehead atoms. The third-order valence-corrected chi connectivity index (χ3v) is 9.44. The van der Waals surface area contributed by atoms with Gasteiger partial charge in [0.05, 0.1) is 18.0 Å². The quantitative estimate of drug-likeness (QED) is 0.447. The van der Waals surface area contributed by atoms with Crippen molar-refractivity contribution in [3.05, 3.63) is 65.0 Å². The summed E-state index contributed by atoms with van der Waals surface area (Å²) in [5.41, 5.74) is 3.24. The van der Waals surface area contributed by atoms with E-state index in [1.807, 2.05) is 37.8 Å². The monoisotopic (exact) mass is 538 g/mol. The van der Waals surface area contributed by atoms with Crippen LogP contribution in [-0.4, -0.2) is 74.4 Å². The predicted molar refractivity (Wildman–Crippen MR) is 150 cm³/mol. The predicted octanol–water partition coefficient (Wildman–Crippen LogP) is 3.11.